The van der Waals surface area contributed by atoms with Gasteiger partial charge >= 0.3 is 0 Å². The van der Waals surface area contributed by atoms with Crippen LogP contribution in [0.25, 0.3) is 0 Å². The van der Waals surface area contributed by atoms with Crippen molar-refractivity contribution in [1.29, 1.82) is 0 Å². The summed E-state index contributed by atoms with van der Waals surface area (Å²) in [5, 5.41) is 10.9. The Morgan fingerprint density at radius 1 is 1.32 bits per heavy atom. The summed E-state index contributed by atoms with van der Waals surface area (Å²) in [4.78, 5) is 14.4. The SMILES string of the molecule is Cc1ccc([N+](=O)[O-])cc1S(=O)(=O)N1CCC(Oc2ccccn2)C1. The number of ether oxygens (including phenoxy) is 1. The molecule has 0 amide bonds. The zero-order valence-corrected chi connectivity index (χ0v) is 14.3. The van der Waals surface area contributed by atoms with Gasteiger partial charge in [0.15, 0.2) is 0 Å². The van der Waals surface area contributed by atoms with Crippen LogP contribution in [-0.4, -0.2) is 41.8 Å². The van der Waals surface area contributed by atoms with Gasteiger partial charge in [-0.25, -0.2) is 13.4 Å². The van der Waals surface area contributed by atoms with Gasteiger partial charge in [-0.15, -0.1) is 0 Å². The Morgan fingerprint density at radius 3 is 2.80 bits per heavy atom. The zero-order chi connectivity index (χ0) is 18.0. The van der Waals surface area contributed by atoms with Gasteiger partial charge in [0.05, 0.1) is 16.4 Å². The highest BCUT2D eigenvalue weighted by Crippen LogP contribution is 2.28. The van der Waals surface area contributed by atoms with Crippen LogP contribution in [0.1, 0.15) is 12.0 Å². The number of non-ortho nitro benzene ring substituents is 1. The third kappa shape index (κ3) is 3.62. The lowest BCUT2D eigenvalue weighted by Crippen LogP contribution is -2.31. The second-order valence-electron chi connectivity index (χ2n) is 5.77. The van der Waals surface area contributed by atoms with Crippen molar-refractivity contribution < 1.29 is 18.1 Å². The number of aryl methyl sites for hydroxylation is 1. The van der Waals surface area contributed by atoms with Crippen LogP contribution in [-0.2, 0) is 10.0 Å². The predicted molar refractivity (Wildman–Crippen MR) is 89.9 cm³/mol. The maximum absolute atomic E-state index is 12.9. The highest BCUT2D eigenvalue weighted by molar-refractivity contribution is 7.89. The molecule has 0 N–H and O–H groups in total. The second-order valence-corrected chi connectivity index (χ2v) is 7.67. The Labute approximate surface area is 145 Å². The molecule has 1 aliphatic rings. The second kappa shape index (κ2) is 6.77. The molecule has 1 atom stereocenters. The number of pyridine rings is 1. The summed E-state index contributed by atoms with van der Waals surface area (Å²) in [5.41, 5.74) is 0.226. The van der Waals surface area contributed by atoms with Gasteiger partial charge in [0, 0.05) is 30.9 Å². The van der Waals surface area contributed by atoms with E-state index in [1.165, 1.54) is 16.4 Å². The first-order valence-corrected chi connectivity index (χ1v) is 9.15. The lowest BCUT2D eigenvalue weighted by Gasteiger charge is -2.18. The molecule has 1 aromatic heterocycles. The minimum Gasteiger partial charge on any atom is -0.473 e. The number of nitro benzene ring substituents is 1. The smallest absolute Gasteiger partial charge is 0.270 e. The number of hydrogen-bond donors (Lipinski definition) is 0. The number of nitrogens with zero attached hydrogens (tertiary/aromatic N) is 3. The highest BCUT2D eigenvalue weighted by atomic mass is 32.2. The fourth-order valence-electron chi connectivity index (χ4n) is 2.72. The number of hydrogen-bond acceptors (Lipinski definition) is 6. The van der Waals surface area contributed by atoms with E-state index < -0.39 is 14.9 Å². The molecule has 2 heterocycles. The van der Waals surface area contributed by atoms with E-state index in [0.717, 1.165) is 6.07 Å². The van der Waals surface area contributed by atoms with Crippen molar-refractivity contribution in [2.75, 3.05) is 13.1 Å². The Kier molecular flexibility index (Phi) is 4.69. The fourth-order valence-corrected chi connectivity index (χ4v) is 4.45. The largest absolute Gasteiger partial charge is 0.473 e. The van der Waals surface area contributed by atoms with Gasteiger partial charge in [-0.1, -0.05) is 12.1 Å². The van der Waals surface area contributed by atoms with Crippen LogP contribution in [0.15, 0.2) is 47.5 Å². The third-order valence-corrected chi connectivity index (χ3v) is 6.04. The molecule has 25 heavy (non-hydrogen) atoms. The molecule has 3 rings (SSSR count). The van der Waals surface area contributed by atoms with E-state index >= 15 is 0 Å². The Hall–Kier alpha value is -2.52. The maximum atomic E-state index is 12.9. The lowest BCUT2D eigenvalue weighted by molar-refractivity contribution is -0.385. The van der Waals surface area contributed by atoms with Crippen LogP contribution in [0.2, 0.25) is 0 Å². The molecule has 1 saturated heterocycles. The Morgan fingerprint density at radius 2 is 2.12 bits per heavy atom. The molecule has 1 unspecified atom stereocenters. The third-order valence-electron chi connectivity index (χ3n) is 4.03. The fraction of sp³-hybridized carbons (Fsp3) is 0.312. The molecule has 0 spiro atoms. The molecule has 1 aromatic carbocycles. The van der Waals surface area contributed by atoms with Crippen LogP contribution < -0.4 is 4.74 Å². The highest BCUT2D eigenvalue weighted by Gasteiger charge is 2.35. The summed E-state index contributed by atoms with van der Waals surface area (Å²) in [6.07, 6.45) is 1.83. The van der Waals surface area contributed by atoms with E-state index in [0.29, 0.717) is 24.4 Å². The molecule has 0 bridgehead atoms. The van der Waals surface area contributed by atoms with E-state index in [-0.39, 0.29) is 23.2 Å². The number of rotatable bonds is 5. The monoisotopic (exact) mass is 363 g/mol. The lowest BCUT2D eigenvalue weighted by atomic mass is 10.2. The normalized spacial score (nSPS) is 18.2. The van der Waals surface area contributed by atoms with Crippen molar-refractivity contribution in [2.45, 2.75) is 24.3 Å². The molecular formula is C16H17N3O5S. The molecule has 0 aliphatic carbocycles. The summed E-state index contributed by atoms with van der Waals surface area (Å²) in [6, 6.07) is 9.12. The van der Waals surface area contributed by atoms with E-state index in [2.05, 4.69) is 4.98 Å². The molecule has 1 aliphatic heterocycles. The summed E-state index contributed by atoms with van der Waals surface area (Å²) in [5.74, 6) is 0.443. The van der Waals surface area contributed by atoms with Crippen LogP contribution in [0.3, 0.4) is 0 Å². The van der Waals surface area contributed by atoms with Crippen LogP contribution in [0, 0.1) is 17.0 Å². The Bertz CT molecular complexity index is 886. The number of nitro groups is 1. The van der Waals surface area contributed by atoms with Crippen LogP contribution in [0.5, 0.6) is 5.88 Å². The number of benzene rings is 1. The van der Waals surface area contributed by atoms with Gasteiger partial charge in [-0.3, -0.25) is 10.1 Å². The minimum atomic E-state index is -3.82. The van der Waals surface area contributed by atoms with Gasteiger partial charge < -0.3 is 4.74 Å². The topological polar surface area (TPSA) is 103 Å². The van der Waals surface area contributed by atoms with E-state index in [1.807, 2.05) is 0 Å². The van der Waals surface area contributed by atoms with Gasteiger partial charge in [-0.05, 0) is 25.0 Å². The van der Waals surface area contributed by atoms with E-state index in [9.17, 15) is 18.5 Å². The Balaban J connectivity index is 1.80. The van der Waals surface area contributed by atoms with E-state index in [4.69, 9.17) is 4.74 Å². The molecule has 8 nitrogen and oxygen atoms in total. The summed E-state index contributed by atoms with van der Waals surface area (Å²) in [7, 11) is -3.82. The van der Waals surface area contributed by atoms with Crippen LogP contribution in [0.4, 0.5) is 5.69 Å². The number of aromatic nitrogens is 1. The van der Waals surface area contributed by atoms with Crippen molar-refractivity contribution in [2.24, 2.45) is 0 Å². The van der Waals surface area contributed by atoms with Crippen molar-refractivity contribution >= 4 is 15.7 Å². The summed E-state index contributed by atoms with van der Waals surface area (Å²) >= 11 is 0. The molecule has 0 radical (unpaired) electrons. The van der Waals surface area contributed by atoms with Gasteiger partial charge in [0.25, 0.3) is 5.69 Å². The zero-order valence-electron chi connectivity index (χ0n) is 13.5. The van der Waals surface area contributed by atoms with Gasteiger partial charge in [0.1, 0.15) is 6.10 Å². The number of sulfonamides is 1. The van der Waals surface area contributed by atoms with Crippen molar-refractivity contribution in [1.82, 2.24) is 9.29 Å². The molecule has 9 heteroatoms. The van der Waals surface area contributed by atoms with Gasteiger partial charge in [0.2, 0.25) is 15.9 Å². The van der Waals surface area contributed by atoms with Crippen molar-refractivity contribution in [3.63, 3.8) is 0 Å². The molecule has 132 valence electrons. The first-order chi connectivity index (χ1) is 11.9. The molecule has 1 fully saturated rings. The quantitative estimate of drug-likeness (QED) is 0.596. The van der Waals surface area contributed by atoms with Crippen LogP contribution >= 0.6 is 0 Å². The van der Waals surface area contributed by atoms with Gasteiger partial charge in [-0.2, -0.15) is 4.31 Å². The van der Waals surface area contributed by atoms with E-state index in [1.54, 1.807) is 31.3 Å². The average molecular weight is 363 g/mol. The predicted octanol–water partition coefficient (Wildman–Crippen LogP) is 2.14. The first-order valence-electron chi connectivity index (χ1n) is 7.71. The molecule has 0 saturated carbocycles. The first kappa shape index (κ1) is 17.3. The summed E-state index contributed by atoms with van der Waals surface area (Å²) in [6.45, 7) is 2.09. The van der Waals surface area contributed by atoms with Crippen molar-refractivity contribution in [3.8, 4) is 5.88 Å². The molecule has 2 aromatic rings. The minimum absolute atomic E-state index is 0.0415. The maximum Gasteiger partial charge on any atom is 0.270 e. The summed E-state index contributed by atoms with van der Waals surface area (Å²) < 4.78 is 32.7. The standard InChI is InChI=1S/C16H17N3O5S/c1-12-5-6-13(19(20)21)10-15(12)25(22,23)18-9-7-14(11-18)24-16-4-2-3-8-17-16/h2-6,8,10,14H,7,9,11H2,1H3. The van der Waals surface area contributed by atoms with Crippen molar-refractivity contribution in [3.05, 3.63) is 58.3 Å². The molecular weight excluding hydrogens is 346 g/mol. The average Bonchev–Trinajstić information content (AvgIpc) is 3.05.